The fourth-order valence-corrected chi connectivity index (χ4v) is 4.60. The minimum Gasteiger partial charge on any atom is -0.424 e. The molecule has 0 unspecified atom stereocenters. The monoisotopic (exact) mass is 477 g/mol. The zero-order valence-corrected chi connectivity index (χ0v) is 19.5. The molecule has 1 saturated heterocycles. The summed E-state index contributed by atoms with van der Waals surface area (Å²) in [5.74, 6) is -0.553. The summed E-state index contributed by atoms with van der Waals surface area (Å²) in [4.78, 5) is 24.7. The van der Waals surface area contributed by atoms with E-state index >= 15 is 0 Å². The summed E-state index contributed by atoms with van der Waals surface area (Å²) < 4.78 is 36.5. The molecular formula is C26H25F2N5O2. The lowest BCUT2D eigenvalue weighted by atomic mass is 10.0. The first kappa shape index (κ1) is 22.9. The molecule has 9 heteroatoms. The fraction of sp³-hybridized carbons (Fsp3) is 0.269. The molecule has 35 heavy (non-hydrogen) atoms. The first-order valence-corrected chi connectivity index (χ1v) is 11.4. The molecule has 2 aromatic heterocycles. The fourth-order valence-electron chi connectivity index (χ4n) is 4.60. The van der Waals surface area contributed by atoms with Crippen LogP contribution in [0.15, 0.2) is 65.6 Å². The Kier molecular flexibility index (Phi) is 6.17. The van der Waals surface area contributed by atoms with Crippen molar-refractivity contribution < 1.29 is 13.5 Å². The maximum atomic E-state index is 13.8. The van der Waals surface area contributed by atoms with Gasteiger partial charge in [-0.1, -0.05) is 18.2 Å². The molecule has 180 valence electrons. The van der Waals surface area contributed by atoms with Crippen LogP contribution in [0.4, 0.5) is 8.78 Å². The number of hydrogen-bond donors (Lipinski definition) is 0. The van der Waals surface area contributed by atoms with E-state index in [0.29, 0.717) is 22.5 Å². The highest BCUT2D eigenvalue weighted by Crippen LogP contribution is 2.32. The number of halogens is 2. The van der Waals surface area contributed by atoms with E-state index in [1.807, 2.05) is 11.7 Å². The second-order valence-electron chi connectivity index (χ2n) is 8.72. The molecule has 0 bridgehead atoms. The number of benzene rings is 2. The minimum absolute atomic E-state index is 0.0256. The summed E-state index contributed by atoms with van der Waals surface area (Å²) in [5.41, 5.74) is 1.92. The maximum Gasteiger partial charge on any atom is 0.322 e. The van der Waals surface area contributed by atoms with Crippen molar-refractivity contribution in [3.63, 3.8) is 0 Å². The van der Waals surface area contributed by atoms with Crippen molar-refractivity contribution >= 4 is 0 Å². The first-order valence-electron chi connectivity index (χ1n) is 11.4. The Bertz CT molecular complexity index is 1410. The van der Waals surface area contributed by atoms with Gasteiger partial charge in [0.05, 0.1) is 23.0 Å². The summed E-state index contributed by atoms with van der Waals surface area (Å²) in [6.45, 7) is 1.78. The molecule has 0 saturated carbocycles. The van der Waals surface area contributed by atoms with Gasteiger partial charge in [0.15, 0.2) is 0 Å². The highest BCUT2D eigenvalue weighted by atomic mass is 19.1. The van der Waals surface area contributed by atoms with Crippen LogP contribution < -0.4 is 10.3 Å². The number of rotatable bonds is 5. The van der Waals surface area contributed by atoms with Crippen molar-refractivity contribution in [1.29, 1.82) is 0 Å². The highest BCUT2D eigenvalue weighted by Gasteiger charge is 2.28. The van der Waals surface area contributed by atoms with Crippen molar-refractivity contribution in [3.8, 4) is 34.3 Å². The molecule has 5 rings (SSSR count). The lowest BCUT2D eigenvalue weighted by molar-refractivity contribution is 0.200. The molecule has 1 fully saturated rings. The Morgan fingerprint density at radius 1 is 0.971 bits per heavy atom. The smallest absolute Gasteiger partial charge is 0.322 e. The van der Waals surface area contributed by atoms with E-state index in [2.05, 4.69) is 21.9 Å². The predicted molar refractivity (Wildman–Crippen MR) is 128 cm³/mol. The van der Waals surface area contributed by atoms with Crippen LogP contribution >= 0.6 is 0 Å². The molecule has 2 aromatic carbocycles. The molecular weight excluding hydrogens is 452 g/mol. The maximum absolute atomic E-state index is 13.8. The average Bonchev–Trinajstić information content (AvgIpc) is 3.10. The summed E-state index contributed by atoms with van der Waals surface area (Å²) in [6.07, 6.45) is 3.21. The van der Waals surface area contributed by atoms with Gasteiger partial charge in [0.1, 0.15) is 17.4 Å². The highest BCUT2D eigenvalue weighted by molar-refractivity contribution is 5.79. The molecule has 0 radical (unpaired) electrons. The van der Waals surface area contributed by atoms with Crippen molar-refractivity contribution in [1.82, 2.24) is 24.2 Å². The molecule has 7 nitrogen and oxygen atoms in total. The number of likely N-dealkylation sites (tertiary alicyclic amines) is 1. The van der Waals surface area contributed by atoms with Gasteiger partial charge in [-0.2, -0.15) is 4.98 Å². The molecule has 0 spiro atoms. The van der Waals surface area contributed by atoms with Crippen LogP contribution in [0, 0.1) is 11.6 Å². The van der Waals surface area contributed by atoms with E-state index in [1.54, 1.807) is 28.9 Å². The van der Waals surface area contributed by atoms with Crippen molar-refractivity contribution in [2.75, 3.05) is 20.1 Å². The Morgan fingerprint density at radius 3 is 2.43 bits per heavy atom. The van der Waals surface area contributed by atoms with E-state index < -0.39 is 5.82 Å². The predicted octanol–water partition coefficient (Wildman–Crippen LogP) is 4.65. The normalized spacial score (nSPS) is 14.9. The van der Waals surface area contributed by atoms with Gasteiger partial charge in [0.2, 0.25) is 0 Å². The van der Waals surface area contributed by atoms with Crippen molar-refractivity contribution in [2.45, 2.75) is 18.9 Å². The minimum atomic E-state index is -0.435. The number of nitrogens with zero attached hydrogens (tertiary/aromatic N) is 5. The molecule has 1 aliphatic heterocycles. The Hall–Kier alpha value is -3.85. The van der Waals surface area contributed by atoms with Crippen LogP contribution in [0.1, 0.15) is 18.9 Å². The van der Waals surface area contributed by atoms with Gasteiger partial charge >= 0.3 is 6.01 Å². The summed E-state index contributed by atoms with van der Waals surface area (Å²) >= 11 is 0. The molecule has 0 amide bonds. The molecule has 1 aliphatic rings. The van der Waals surface area contributed by atoms with Crippen LogP contribution in [0.2, 0.25) is 0 Å². The zero-order valence-electron chi connectivity index (χ0n) is 19.5. The van der Waals surface area contributed by atoms with E-state index in [9.17, 15) is 13.6 Å². The van der Waals surface area contributed by atoms with Gasteiger partial charge in [-0.3, -0.25) is 9.48 Å². The summed E-state index contributed by atoms with van der Waals surface area (Å²) in [5, 5.41) is 0. The van der Waals surface area contributed by atoms with E-state index in [4.69, 9.17) is 4.74 Å². The average molecular weight is 478 g/mol. The van der Waals surface area contributed by atoms with Gasteiger partial charge in [0.25, 0.3) is 5.56 Å². The van der Waals surface area contributed by atoms with Gasteiger partial charge < -0.3 is 9.64 Å². The second kappa shape index (κ2) is 9.42. The summed E-state index contributed by atoms with van der Waals surface area (Å²) in [6, 6.07) is 13.3. The third-order valence-corrected chi connectivity index (χ3v) is 6.35. The third-order valence-electron chi connectivity index (χ3n) is 6.35. The largest absolute Gasteiger partial charge is 0.424 e. The Labute approximate surface area is 201 Å². The van der Waals surface area contributed by atoms with Crippen LogP contribution in [0.5, 0.6) is 11.8 Å². The standard InChI is InChI=1S/C26H25F2N5O2/c1-31-14-11-20(12-15-31)33-25(34)23(17-6-8-18(27)9-7-17)24(32(33)2)22-10-13-29-26(30-22)35-21-5-3-4-19(28)16-21/h3-10,13,16,20H,11-12,14-15H2,1-2H3. The van der Waals surface area contributed by atoms with Crippen LogP contribution in [-0.2, 0) is 7.05 Å². The topological polar surface area (TPSA) is 65.2 Å². The first-order chi connectivity index (χ1) is 16.9. The Morgan fingerprint density at radius 2 is 1.71 bits per heavy atom. The van der Waals surface area contributed by atoms with Gasteiger partial charge in [-0.25, -0.2) is 18.4 Å². The number of aromatic nitrogens is 4. The van der Waals surface area contributed by atoms with Crippen molar-refractivity contribution in [2.24, 2.45) is 7.05 Å². The lowest BCUT2D eigenvalue weighted by Crippen LogP contribution is -2.36. The van der Waals surface area contributed by atoms with Gasteiger partial charge in [-0.05, 0) is 68.9 Å². The van der Waals surface area contributed by atoms with Crippen LogP contribution in [-0.4, -0.2) is 44.4 Å². The molecule has 0 N–H and O–H groups in total. The molecule has 0 atom stereocenters. The third kappa shape index (κ3) is 4.59. The number of hydrogen-bond acceptors (Lipinski definition) is 5. The zero-order chi connectivity index (χ0) is 24.5. The Balaban J connectivity index is 1.63. The second-order valence-corrected chi connectivity index (χ2v) is 8.72. The molecule has 0 aliphatic carbocycles. The van der Waals surface area contributed by atoms with Crippen LogP contribution in [0.3, 0.4) is 0 Å². The SMILES string of the molecule is CN1CCC(n2c(=O)c(-c3ccc(F)cc3)c(-c3ccnc(Oc4cccc(F)c4)n3)n2C)CC1. The quantitative estimate of drug-likeness (QED) is 0.419. The molecule has 3 heterocycles. The summed E-state index contributed by atoms with van der Waals surface area (Å²) in [7, 11) is 3.90. The van der Waals surface area contributed by atoms with Crippen molar-refractivity contribution in [3.05, 3.63) is 82.8 Å². The van der Waals surface area contributed by atoms with E-state index in [-0.39, 0.29) is 29.2 Å². The molecule has 4 aromatic rings. The van der Waals surface area contributed by atoms with E-state index in [1.165, 1.54) is 36.5 Å². The van der Waals surface area contributed by atoms with Gasteiger partial charge in [0, 0.05) is 19.3 Å². The van der Waals surface area contributed by atoms with Crippen LogP contribution in [0.25, 0.3) is 22.5 Å². The number of ether oxygens (including phenoxy) is 1. The van der Waals surface area contributed by atoms with E-state index in [0.717, 1.165) is 25.9 Å². The number of piperidine rings is 1. The van der Waals surface area contributed by atoms with Gasteiger partial charge in [-0.15, -0.1) is 0 Å². The lowest BCUT2D eigenvalue weighted by Gasteiger charge is -2.30.